The average Bonchev–Trinajstić information content (AvgIpc) is 2.82. The van der Waals surface area contributed by atoms with Crippen molar-refractivity contribution in [1.29, 1.82) is 0 Å². The zero-order valence-electron chi connectivity index (χ0n) is 21.2. The highest BCUT2D eigenvalue weighted by atomic mass is 19.4. The van der Waals surface area contributed by atoms with Crippen LogP contribution in [0.25, 0.3) is 6.08 Å². The Balaban J connectivity index is 2.50. The van der Waals surface area contributed by atoms with Gasteiger partial charge in [-0.25, -0.2) is 13.8 Å². The topological polar surface area (TPSA) is 80.5 Å². The standard InChI is InChI=1S/C26H33F5N4O2/c1-6-19(26(29,30)31)20(7-2)37-24(5,35-15-13-25(27,28)14-16-35)23(4,8-3)34-22(36)12-10-18-9-11-21(32)33-17-18/h6,8-12,17H,1,3,7,13-16H2,2,4-5H3,(H2,32,33)(H,34,36)/b12-10+,20-19-/t23-,24?/m0/s1. The van der Waals surface area contributed by atoms with Gasteiger partial charge in [0.2, 0.25) is 5.91 Å². The van der Waals surface area contributed by atoms with E-state index in [1.807, 2.05) is 0 Å². The number of anilines is 1. The summed E-state index contributed by atoms with van der Waals surface area (Å²) in [6.07, 6.45) is 0.161. The van der Waals surface area contributed by atoms with E-state index in [-0.39, 0.29) is 19.5 Å². The summed E-state index contributed by atoms with van der Waals surface area (Å²) in [6, 6.07) is 3.20. The molecule has 1 saturated heterocycles. The molecule has 1 aromatic heterocycles. The summed E-state index contributed by atoms with van der Waals surface area (Å²) in [5.41, 5.74) is 1.82. The molecule has 1 amide bonds. The van der Waals surface area contributed by atoms with Crippen LogP contribution in [0.3, 0.4) is 0 Å². The van der Waals surface area contributed by atoms with Gasteiger partial charge in [0.15, 0.2) is 5.72 Å². The van der Waals surface area contributed by atoms with Gasteiger partial charge in [0, 0.05) is 44.6 Å². The predicted octanol–water partition coefficient (Wildman–Crippen LogP) is 5.61. The molecule has 6 nitrogen and oxygen atoms in total. The number of aromatic nitrogens is 1. The van der Waals surface area contributed by atoms with Gasteiger partial charge in [-0.2, -0.15) is 13.2 Å². The van der Waals surface area contributed by atoms with Gasteiger partial charge in [0.1, 0.15) is 17.1 Å². The summed E-state index contributed by atoms with van der Waals surface area (Å²) in [7, 11) is 0. The lowest BCUT2D eigenvalue weighted by Crippen LogP contribution is -2.70. The van der Waals surface area contributed by atoms with Crippen LogP contribution in [0.1, 0.15) is 45.6 Å². The Morgan fingerprint density at radius 2 is 1.86 bits per heavy atom. The van der Waals surface area contributed by atoms with Gasteiger partial charge in [0.25, 0.3) is 5.92 Å². The molecule has 1 aromatic rings. The van der Waals surface area contributed by atoms with E-state index in [1.165, 1.54) is 50.1 Å². The van der Waals surface area contributed by atoms with Crippen molar-refractivity contribution in [2.24, 2.45) is 0 Å². The van der Waals surface area contributed by atoms with Crippen LogP contribution < -0.4 is 11.1 Å². The molecular weight excluding hydrogens is 495 g/mol. The Morgan fingerprint density at radius 3 is 2.32 bits per heavy atom. The molecule has 1 unspecified atom stereocenters. The number of carbonyl (C=O) groups is 1. The minimum atomic E-state index is -4.76. The largest absolute Gasteiger partial charge is 0.474 e. The van der Waals surface area contributed by atoms with Gasteiger partial charge in [-0.15, -0.1) is 6.58 Å². The van der Waals surface area contributed by atoms with Crippen molar-refractivity contribution in [3.8, 4) is 0 Å². The molecule has 2 atom stereocenters. The van der Waals surface area contributed by atoms with Gasteiger partial charge >= 0.3 is 6.18 Å². The van der Waals surface area contributed by atoms with Crippen LogP contribution in [0.5, 0.6) is 0 Å². The Morgan fingerprint density at radius 1 is 1.24 bits per heavy atom. The van der Waals surface area contributed by atoms with Gasteiger partial charge in [-0.3, -0.25) is 9.69 Å². The van der Waals surface area contributed by atoms with Crippen LogP contribution in [0, 0.1) is 0 Å². The maximum atomic E-state index is 14.0. The van der Waals surface area contributed by atoms with E-state index in [0.717, 1.165) is 0 Å². The maximum absolute atomic E-state index is 14.0. The van der Waals surface area contributed by atoms with Crippen molar-refractivity contribution in [1.82, 2.24) is 15.2 Å². The van der Waals surface area contributed by atoms with Crippen molar-refractivity contribution in [3.05, 3.63) is 66.6 Å². The molecule has 1 aliphatic heterocycles. The van der Waals surface area contributed by atoms with Crippen molar-refractivity contribution in [3.63, 3.8) is 0 Å². The summed E-state index contributed by atoms with van der Waals surface area (Å²) in [4.78, 5) is 18.3. The molecule has 0 aromatic carbocycles. The van der Waals surface area contributed by atoms with Crippen molar-refractivity contribution < 1.29 is 31.5 Å². The van der Waals surface area contributed by atoms with E-state index >= 15 is 0 Å². The molecule has 2 heterocycles. The Kier molecular flexibility index (Phi) is 9.29. The van der Waals surface area contributed by atoms with Crippen molar-refractivity contribution in [2.45, 2.75) is 63.4 Å². The highest BCUT2D eigenvalue weighted by molar-refractivity contribution is 5.92. The van der Waals surface area contributed by atoms with Gasteiger partial charge in [-0.05, 0) is 37.6 Å². The first-order valence-corrected chi connectivity index (χ1v) is 11.7. The normalized spacial score (nSPS) is 20.3. The molecule has 3 N–H and O–H groups in total. The van der Waals surface area contributed by atoms with E-state index in [9.17, 15) is 26.7 Å². The van der Waals surface area contributed by atoms with E-state index in [4.69, 9.17) is 10.5 Å². The first-order chi connectivity index (χ1) is 17.1. The molecule has 0 radical (unpaired) electrons. The first-order valence-electron chi connectivity index (χ1n) is 11.7. The maximum Gasteiger partial charge on any atom is 0.419 e. The second-order valence-corrected chi connectivity index (χ2v) is 9.07. The molecule has 11 heteroatoms. The van der Waals surface area contributed by atoms with E-state index in [0.29, 0.717) is 17.5 Å². The van der Waals surface area contributed by atoms with E-state index in [2.05, 4.69) is 23.5 Å². The number of piperidine rings is 1. The molecule has 2 rings (SSSR count). The number of allylic oxidation sites excluding steroid dienone is 3. The monoisotopic (exact) mass is 528 g/mol. The second-order valence-electron chi connectivity index (χ2n) is 9.07. The fourth-order valence-electron chi connectivity index (χ4n) is 4.05. The lowest BCUT2D eigenvalue weighted by atomic mass is 9.85. The summed E-state index contributed by atoms with van der Waals surface area (Å²) in [5, 5.41) is 2.74. The van der Waals surface area contributed by atoms with Crippen LogP contribution in [0.15, 0.2) is 61.0 Å². The summed E-state index contributed by atoms with van der Waals surface area (Å²) < 4.78 is 75.1. The Bertz CT molecular complexity index is 1040. The summed E-state index contributed by atoms with van der Waals surface area (Å²) >= 11 is 0. The molecular formula is C26H33F5N4O2. The number of nitrogen functional groups attached to an aromatic ring is 1. The molecule has 0 bridgehead atoms. The van der Waals surface area contributed by atoms with Crippen molar-refractivity contribution in [2.75, 3.05) is 18.8 Å². The summed E-state index contributed by atoms with van der Waals surface area (Å²) in [5.74, 6) is -3.66. The third-order valence-corrected chi connectivity index (χ3v) is 6.54. The number of alkyl halides is 5. The van der Waals surface area contributed by atoms with Gasteiger partial charge in [0.05, 0.1) is 5.57 Å². The SMILES string of the molecule is C=C/C(=C(\CC)OC(C)(N1CCC(F)(F)CC1)[C@](C)(C=C)NC(=O)/C=C/c1ccc(N)nc1)C(F)(F)F. The van der Waals surface area contributed by atoms with Crippen molar-refractivity contribution >= 4 is 17.8 Å². The molecule has 1 aliphatic rings. The number of halogens is 5. The Labute approximate surface area is 213 Å². The lowest BCUT2D eigenvalue weighted by Gasteiger charge is -2.53. The number of nitrogens with zero attached hydrogens (tertiary/aromatic N) is 2. The quantitative estimate of drug-likeness (QED) is 0.136. The minimum Gasteiger partial charge on any atom is -0.474 e. The Hall–Kier alpha value is -3.21. The fraction of sp³-hybridized carbons (Fsp3) is 0.462. The van der Waals surface area contributed by atoms with Crippen LogP contribution in [-0.2, 0) is 9.53 Å². The smallest absolute Gasteiger partial charge is 0.419 e. The highest BCUT2D eigenvalue weighted by Crippen LogP contribution is 2.41. The van der Waals surface area contributed by atoms with E-state index < -0.39 is 53.4 Å². The highest BCUT2D eigenvalue weighted by Gasteiger charge is 2.53. The summed E-state index contributed by atoms with van der Waals surface area (Å²) in [6.45, 7) is 11.1. The number of nitrogens with one attached hydrogen (secondary N) is 1. The molecule has 204 valence electrons. The average molecular weight is 529 g/mol. The predicted molar refractivity (Wildman–Crippen MR) is 133 cm³/mol. The minimum absolute atomic E-state index is 0.161. The van der Waals surface area contributed by atoms with Crippen LogP contribution in [0.2, 0.25) is 0 Å². The zero-order valence-corrected chi connectivity index (χ0v) is 21.2. The number of ether oxygens (including phenoxy) is 1. The van der Waals surface area contributed by atoms with E-state index in [1.54, 1.807) is 12.1 Å². The van der Waals surface area contributed by atoms with Gasteiger partial charge < -0.3 is 15.8 Å². The van der Waals surface area contributed by atoms with Crippen LogP contribution >= 0.6 is 0 Å². The number of hydrogen-bond donors (Lipinski definition) is 2. The number of likely N-dealkylation sites (tertiary alicyclic amines) is 1. The number of nitrogens with two attached hydrogens (primary N) is 1. The number of pyridine rings is 1. The number of hydrogen-bond acceptors (Lipinski definition) is 5. The molecule has 37 heavy (non-hydrogen) atoms. The fourth-order valence-corrected chi connectivity index (χ4v) is 4.05. The van der Waals surface area contributed by atoms with Crippen LogP contribution in [0.4, 0.5) is 27.8 Å². The number of amides is 1. The second kappa shape index (κ2) is 11.5. The number of rotatable bonds is 10. The first kappa shape index (κ1) is 30.0. The third-order valence-electron chi connectivity index (χ3n) is 6.54. The molecule has 0 aliphatic carbocycles. The molecule has 1 fully saturated rings. The molecule has 0 spiro atoms. The molecule has 0 saturated carbocycles. The lowest BCUT2D eigenvalue weighted by molar-refractivity contribution is -0.188. The zero-order chi connectivity index (χ0) is 28.1. The third kappa shape index (κ3) is 7.18. The van der Waals surface area contributed by atoms with Crippen LogP contribution in [-0.4, -0.2) is 52.2 Å². The number of carbonyl (C=O) groups excluding carboxylic acids is 1. The van der Waals surface area contributed by atoms with Gasteiger partial charge in [-0.1, -0.05) is 25.7 Å².